The molecule has 0 saturated heterocycles. The molecule has 0 saturated carbocycles. The summed E-state index contributed by atoms with van der Waals surface area (Å²) in [6, 6.07) is 8.88. The second-order valence-corrected chi connectivity index (χ2v) is 3.83. The second-order valence-electron chi connectivity index (χ2n) is 3.44. The zero-order chi connectivity index (χ0) is 13.2. The van der Waals surface area contributed by atoms with E-state index in [0.29, 0.717) is 5.15 Å². The maximum absolute atomic E-state index is 12.0. The highest BCUT2D eigenvalue weighted by Gasteiger charge is 2.30. The maximum Gasteiger partial charge on any atom is 0.573 e. The molecule has 0 spiro atoms. The van der Waals surface area contributed by atoms with Crippen LogP contribution in [0, 0.1) is 0 Å². The average Bonchev–Trinajstić information content (AvgIpc) is 2.28. The second kappa shape index (κ2) is 4.86. The zero-order valence-electron chi connectivity index (χ0n) is 8.91. The predicted octanol–water partition coefficient (Wildman–Crippen LogP) is 4.30. The molecule has 1 aromatic carbocycles. The number of rotatable bonds is 2. The first kappa shape index (κ1) is 12.7. The SMILES string of the molecule is FC(F)(F)Oc1ccc(-c2ccnc(Cl)c2)cc1. The van der Waals surface area contributed by atoms with Gasteiger partial charge in [-0.15, -0.1) is 13.2 Å². The largest absolute Gasteiger partial charge is 0.573 e. The van der Waals surface area contributed by atoms with Gasteiger partial charge in [-0.25, -0.2) is 4.98 Å². The lowest BCUT2D eigenvalue weighted by Gasteiger charge is -2.09. The summed E-state index contributed by atoms with van der Waals surface area (Å²) in [5.41, 5.74) is 1.50. The molecule has 6 heteroatoms. The minimum absolute atomic E-state index is 0.258. The third-order valence-corrected chi connectivity index (χ3v) is 2.35. The smallest absolute Gasteiger partial charge is 0.406 e. The molecule has 0 fully saturated rings. The van der Waals surface area contributed by atoms with E-state index in [1.165, 1.54) is 30.5 Å². The first-order valence-corrected chi connectivity index (χ1v) is 5.29. The Labute approximate surface area is 106 Å². The van der Waals surface area contributed by atoms with Gasteiger partial charge in [0, 0.05) is 6.20 Å². The van der Waals surface area contributed by atoms with Crippen molar-refractivity contribution in [2.45, 2.75) is 6.36 Å². The Kier molecular flexibility index (Phi) is 3.43. The number of hydrogen-bond donors (Lipinski definition) is 0. The highest BCUT2D eigenvalue weighted by atomic mass is 35.5. The van der Waals surface area contributed by atoms with Crippen LogP contribution in [-0.4, -0.2) is 11.3 Å². The first-order chi connectivity index (χ1) is 8.44. The number of alkyl halides is 3. The Morgan fingerprint density at radius 2 is 1.67 bits per heavy atom. The molecule has 1 heterocycles. The van der Waals surface area contributed by atoms with Crippen molar-refractivity contribution in [1.29, 1.82) is 0 Å². The van der Waals surface area contributed by atoms with E-state index in [2.05, 4.69) is 9.72 Å². The third kappa shape index (κ3) is 3.37. The molecule has 2 rings (SSSR count). The van der Waals surface area contributed by atoms with Gasteiger partial charge < -0.3 is 4.74 Å². The van der Waals surface area contributed by atoms with E-state index in [0.717, 1.165) is 11.1 Å². The summed E-state index contributed by atoms with van der Waals surface area (Å²) in [4.78, 5) is 3.82. The summed E-state index contributed by atoms with van der Waals surface area (Å²) < 4.78 is 39.7. The van der Waals surface area contributed by atoms with E-state index >= 15 is 0 Å². The lowest BCUT2D eigenvalue weighted by Crippen LogP contribution is -2.16. The average molecular weight is 274 g/mol. The minimum Gasteiger partial charge on any atom is -0.406 e. The van der Waals surface area contributed by atoms with Crippen LogP contribution in [0.3, 0.4) is 0 Å². The molecule has 18 heavy (non-hydrogen) atoms. The Hall–Kier alpha value is -1.75. The standard InChI is InChI=1S/C12H7ClF3NO/c13-11-7-9(5-6-17-11)8-1-3-10(4-2-8)18-12(14,15)16/h1-7H. The van der Waals surface area contributed by atoms with Crippen LogP contribution in [0.4, 0.5) is 13.2 Å². The quantitative estimate of drug-likeness (QED) is 0.761. The van der Waals surface area contributed by atoms with E-state index in [1.54, 1.807) is 12.1 Å². The Balaban J connectivity index is 2.22. The van der Waals surface area contributed by atoms with E-state index in [-0.39, 0.29) is 5.75 Å². The van der Waals surface area contributed by atoms with Crippen molar-refractivity contribution in [3.8, 4) is 16.9 Å². The molecule has 94 valence electrons. The van der Waals surface area contributed by atoms with Gasteiger partial charge in [0.25, 0.3) is 0 Å². The number of ether oxygens (including phenoxy) is 1. The van der Waals surface area contributed by atoms with Crippen molar-refractivity contribution < 1.29 is 17.9 Å². The van der Waals surface area contributed by atoms with E-state index < -0.39 is 6.36 Å². The highest BCUT2D eigenvalue weighted by molar-refractivity contribution is 6.29. The van der Waals surface area contributed by atoms with Gasteiger partial charge in [0.05, 0.1) is 0 Å². The molecule has 0 bridgehead atoms. The van der Waals surface area contributed by atoms with Crippen molar-refractivity contribution in [3.05, 3.63) is 47.7 Å². The van der Waals surface area contributed by atoms with Gasteiger partial charge in [-0.3, -0.25) is 0 Å². The number of benzene rings is 1. The van der Waals surface area contributed by atoms with Crippen molar-refractivity contribution in [2.75, 3.05) is 0 Å². The minimum atomic E-state index is -4.68. The van der Waals surface area contributed by atoms with E-state index in [9.17, 15) is 13.2 Å². The lowest BCUT2D eigenvalue weighted by molar-refractivity contribution is -0.274. The highest BCUT2D eigenvalue weighted by Crippen LogP contribution is 2.27. The molecule has 0 amide bonds. The van der Waals surface area contributed by atoms with Crippen LogP contribution in [0.2, 0.25) is 5.15 Å². The number of pyridine rings is 1. The lowest BCUT2D eigenvalue weighted by atomic mass is 10.1. The molecule has 0 aliphatic rings. The van der Waals surface area contributed by atoms with Gasteiger partial charge in [0.15, 0.2) is 0 Å². The fourth-order valence-corrected chi connectivity index (χ4v) is 1.60. The van der Waals surface area contributed by atoms with Crippen molar-refractivity contribution in [2.24, 2.45) is 0 Å². The monoisotopic (exact) mass is 273 g/mol. The molecule has 0 unspecified atom stereocenters. The summed E-state index contributed by atoms with van der Waals surface area (Å²) in [6.45, 7) is 0. The fourth-order valence-electron chi connectivity index (χ4n) is 1.43. The topological polar surface area (TPSA) is 22.1 Å². The molecule has 0 atom stereocenters. The number of nitrogens with zero attached hydrogens (tertiary/aromatic N) is 1. The van der Waals surface area contributed by atoms with E-state index in [1.807, 2.05) is 0 Å². The van der Waals surface area contributed by atoms with Crippen LogP contribution in [-0.2, 0) is 0 Å². The van der Waals surface area contributed by atoms with Crippen LogP contribution >= 0.6 is 11.6 Å². The summed E-state index contributed by atoms with van der Waals surface area (Å²) in [7, 11) is 0. The molecular weight excluding hydrogens is 267 g/mol. The normalized spacial score (nSPS) is 11.3. The van der Waals surface area contributed by atoms with Crippen molar-refractivity contribution in [1.82, 2.24) is 4.98 Å². The Bertz CT molecular complexity index is 540. The zero-order valence-corrected chi connectivity index (χ0v) is 9.66. The Morgan fingerprint density at radius 1 is 1.00 bits per heavy atom. The van der Waals surface area contributed by atoms with Crippen LogP contribution in [0.5, 0.6) is 5.75 Å². The molecule has 0 radical (unpaired) electrons. The molecule has 0 aliphatic heterocycles. The van der Waals surface area contributed by atoms with Gasteiger partial charge in [-0.1, -0.05) is 23.7 Å². The fraction of sp³-hybridized carbons (Fsp3) is 0.0833. The summed E-state index contributed by atoms with van der Waals surface area (Å²) in [5.74, 6) is -0.258. The van der Waals surface area contributed by atoms with Gasteiger partial charge in [0.1, 0.15) is 10.9 Å². The van der Waals surface area contributed by atoms with E-state index in [4.69, 9.17) is 11.6 Å². The third-order valence-electron chi connectivity index (χ3n) is 2.15. The molecular formula is C12H7ClF3NO. The molecule has 0 aliphatic carbocycles. The summed E-state index contributed by atoms with van der Waals surface area (Å²) in [5, 5.41) is 0.322. The summed E-state index contributed by atoms with van der Waals surface area (Å²) in [6.07, 6.45) is -3.15. The van der Waals surface area contributed by atoms with Crippen LogP contribution in [0.15, 0.2) is 42.6 Å². The molecule has 1 aromatic heterocycles. The van der Waals surface area contributed by atoms with Gasteiger partial charge in [0.2, 0.25) is 0 Å². The van der Waals surface area contributed by atoms with Gasteiger partial charge in [-0.2, -0.15) is 0 Å². The number of halogens is 4. The first-order valence-electron chi connectivity index (χ1n) is 4.92. The molecule has 2 nitrogen and oxygen atoms in total. The van der Waals surface area contributed by atoms with Gasteiger partial charge in [-0.05, 0) is 35.4 Å². The van der Waals surface area contributed by atoms with Crippen LogP contribution < -0.4 is 4.74 Å². The van der Waals surface area contributed by atoms with Crippen LogP contribution in [0.25, 0.3) is 11.1 Å². The van der Waals surface area contributed by atoms with Crippen molar-refractivity contribution >= 4 is 11.6 Å². The molecule has 0 N–H and O–H groups in total. The Morgan fingerprint density at radius 3 is 2.22 bits per heavy atom. The molecule has 2 aromatic rings. The predicted molar refractivity (Wildman–Crippen MR) is 61.4 cm³/mol. The van der Waals surface area contributed by atoms with Crippen molar-refractivity contribution in [3.63, 3.8) is 0 Å². The van der Waals surface area contributed by atoms with Crippen LogP contribution in [0.1, 0.15) is 0 Å². The number of hydrogen-bond acceptors (Lipinski definition) is 2. The maximum atomic E-state index is 12.0. The van der Waals surface area contributed by atoms with Gasteiger partial charge >= 0.3 is 6.36 Å². The number of aromatic nitrogens is 1. The summed E-state index contributed by atoms with van der Waals surface area (Å²) >= 11 is 5.73.